The number of hydrogen-bond acceptors (Lipinski definition) is 4. The summed E-state index contributed by atoms with van der Waals surface area (Å²) in [5, 5.41) is 12.9. The molecule has 22 heavy (non-hydrogen) atoms. The van der Waals surface area contributed by atoms with Crippen molar-refractivity contribution in [2.24, 2.45) is 0 Å². The lowest BCUT2D eigenvalue weighted by Crippen LogP contribution is -2.11. The van der Waals surface area contributed by atoms with Gasteiger partial charge in [-0.15, -0.1) is 0 Å². The van der Waals surface area contributed by atoms with Gasteiger partial charge in [-0.2, -0.15) is 0 Å². The number of aromatic nitrogens is 1. The predicted molar refractivity (Wildman–Crippen MR) is 85.9 cm³/mol. The minimum atomic E-state index is -1.000. The first kappa shape index (κ1) is 16.1. The van der Waals surface area contributed by atoms with Crippen molar-refractivity contribution >= 4 is 23.3 Å². The molecule has 0 aliphatic heterocycles. The van der Waals surface area contributed by atoms with Gasteiger partial charge in [0.05, 0.1) is 35.1 Å². The fourth-order valence-corrected chi connectivity index (χ4v) is 2.29. The monoisotopic (exact) mass is 320 g/mol. The number of ether oxygens (including phenoxy) is 1. The molecule has 0 aliphatic carbocycles. The lowest BCUT2D eigenvalue weighted by Gasteiger charge is -2.14. The Balaban J connectivity index is 2.26. The number of halogens is 1. The number of nitrogens with zero attached hydrogens (tertiary/aromatic N) is 1. The van der Waals surface area contributed by atoms with Gasteiger partial charge in [-0.3, -0.25) is 4.98 Å². The highest BCUT2D eigenvalue weighted by Gasteiger charge is 2.13. The number of benzene rings is 1. The van der Waals surface area contributed by atoms with Crippen molar-refractivity contribution in [3.05, 3.63) is 52.3 Å². The molecule has 116 valence electrons. The standard InChI is InChI=1S/C16H17ClN2O3/c1-3-22-15-12(17)5-4-6-13(15)18-9-14-11(16(20)21)8-7-10(2)19-14/h4-8,18H,3,9H2,1-2H3,(H,20,21). The number of pyridine rings is 1. The van der Waals surface area contributed by atoms with Crippen LogP contribution >= 0.6 is 11.6 Å². The maximum absolute atomic E-state index is 11.3. The van der Waals surface area contributed by atoms with Gasteiger partial charge < -0.3 is 15.2 Å². The lowest BCUT2D eigenvalue weighted by atomic mass is 10.1. The van der Waals surface area contributed by atoms with Crippen molar-refractivity contribution in [1.29, 1.82) is 0 Å². The van der Waals surface area contributed by atoms with Crippen LogP contribution in [0.25, 0.3) is 0 Å². The molecule has 2 N–H and O–H groups in total. The van der Waals surface area contributed by atoms with Gasteiger partial charge in [0.25, 0.3) is 0 Å². The van der Waals surface area contributed by atoms with Crippen molar-refractivity contribution in [3.8, 4) is 5.75 Å². The molecule has 0 unspecified atom stereocenters. The van der Waals surface area contributed by atoms with Gasteiger partial charge >= 0.3 is 5.97 Å². The number of carboxylic acid groups (broad SMARTS) is 1. The summed E-state index contributed by atoms with van der Waals surface area (Å²) >= 11 is 6.12. The maximum atomic E-state index is 11.3. The van der Waals surface area contributed by atoms with Gasteiger partial charge in [-0.1, -0.05) is 17.7 Å². The second-order valence-electron chi connectivity index (χ2n) is 4.66. The molecule has 0 bridgehead atoms. The van der Waals surface area contributed by atoms with Gasteiger partial charge in [0.1, 0.15) is 0 Å². The van der Waals surface area contributed by atoms with E-state index in [0.717, 1.165) is 5.69 Å². The zero-order valence-electron chi connectivity index (χ0n) is 12.4. The second kappa shape index (κ2) is 7.13. The Morgan fingerprint density at radius 1 is 1.36 bits per heavy atom. The van der Waals surface area contributed by atoms with Crippen molar-refractivity contribution < 1.29 is 14.6 Å². The highest BCUT2D eigenvalue weighted by molar-refractivity contribution is 6.32. The number of para-hydroxylation sites is 1. The SMILES string of the molecule is CCOc1c(Cl)cccc1NCc1nc(C)ccc1C(=O)O. The molecule has 0 atom stereocenters. The van der Waals surface area contributed by atoms with E-state index in [0.29, 0.717) is 28.8 Å². The summed E-state index contributed by atoms with van der Waals surface area (Å²) < 4.78 is 5.53. The molecule has 2 aromatic rings. The minimum Gasteiger partial charge on any atom is -0.490 e. The molecule has 1 heterocycles. The molecule has 0 saturated heterocycles. The minimum absolute atomic E-state index is 0.179. The Morgan fingerprint density at radius 3 is 2.82 bits per heavy atom. The number of rotatable bonds is 6. The van der Waals surface area contributed by atoms with Crippen molar-refractivity contribution in [3.63, 3.8) is 0 Å². The molecule has 0 amide bonds. The van der Waals surface area contributed by atoms with Crippen molar-refractivity contribution in [2.45, 2.75) is 20.4 Å². The van der Waals surface area contributed by atoms with E-state index in [9.17, 15) is 9.90 Å². The van der Waals surface area contributed by atoms with Crippen molar-refractivity contribution in [2.75, 3.05) is 11.9 Å². The summed E-state index contributed by atoms with van der Waals surface area (Å²) in [5.41, 5.74) is 2.11. The van der Waals surface area contributed by atoms with Crippen LogP contribution in [-0.2, 0) is 6.54 Å². The third kappa shape index (κ3) is 3.68. The van der Waals surface area contributed by atoms with Gasteiger partial charge in [-0.25, -0.2) is 4.79 Å². The van der Waals surface area contributed by atoms with Gasteiger partial charge in [0.15, 0.2) is 5.75 Å². The Morgan fingerprint density at radius 2 is 2.14 bits per heavy atom. The third-order valence-corrected chi connectivity index (χ3v) is 3.34. The zero-order valence-corrected chi connectivity index (χ0v) is 13.1. The highest BCUT2D eigenvalue weighted by Crippen LogP contribution is 2.33. The predicted octanol–water partition coefficient (Wildman–Crippen LogP) is 3.75. The van der Waals surface area contributed by atoms with Gasteiger partial charge in [-0.05, 0) is 38.1 Å². The molecule has 0 fully saturated rings. The van der Waals surface area contributed by atoms with Crippen molar-refractivity contribution in [1.82, 2.24) is 4.98 Å². The number of carbonyl (C=O) groups is 1. The quantitative estimate of drug-likeness (QED) is 0.848. The summed E-state index contributed by atoms with van der Waals surface area (Å²) in [6, 6.07) is 8.61. The average molecular weight is 321 g/mol. The fraction of sp³-hybridized carbons (Fsp3) is 0.250. The molecule has 0 spiro atoms. The smallest absolute Gasteiger partial charge is 0.337 e. The summed E-state index contributed by atoms with van der Waals surface area (Å²) in [7, 11) is 0. The zero-order chi connectivity index (χ0) is 16.1. The van der Waals surface area contributed by atoms with Crippen LogP contribution in [0.5, 0.6) is 5.75 Å². The van der Waals surface area contributed by atoms with Crippen LogP contribution in [0.15, 0.2) is 30.3 Å². The Bertz CT molecular complexity index is 689. The number of hydrogen-bond donors (Lipinski definition) is 2. The first-order chi connectivity index (χ1) is 10.5. The van der Waals surface area contributed by atoms with E-state index in [1.54, 1.807) is 24.3 Å². The number of aromatic carboxylic acids is 1. The van der Waals surface area contributed by atoms with Crippen LogP contribution in [0, 0.1) is 6.92 Å². The molecular weight excluding hydrogens is 304 g/mol. The number of aryl methyl sites for hydroxylation is 1. The van der Waals surface area contributed by atoms with E-state index >= 15 is 0 Å². The molecule has 0 radical (unpaired) electrons. The maximum Gasteiger partial charge on any atom is 0.337 e. The normalized spacial score (nSPS) is 10.3. The Hall–Kier alpha value is -2.27. The molecule has 6 heteroatoms. The summed E-state index contributed by atoms with van der Waals surface area (Å²) in [6.07, 6.45) is 0. The van der Waals surface area contributed by atoms with E-state index in [1.165, 1.54) is 0 Å². The summed E-state index contributed by atoms with van der Waals surface area (Å²) in [4.78, 5) is 15.5. The van der Waals surface area contributed by atoms with E-state index < -0.39 is 5.97 Å². The average Bonchev–Trinajstić information content (AvgIpc) is 2.47. The second-order valence-corrected chi connectivity index (χ2v) is 5.06. The first-order valence-electron chi connectivity index (χ1n) is 6.88. The van der Waals surface area contributed by atoms with E-state index in [4.69, 9.17) is 16.3 Å². The van der Waals surface area contributed by atoms with Crippen LogP contribution < -0.4 is 10.1 Å². The lowest BCUT2D eigenvalue weighted by molar-refractivity contribution is 0.0695. The molecular formula is C16H17ClN2O3. The molecule has 1 aromatic carbocycles. The molecule has 5 nitrogen and oxygen atoms in total. The topological polar surface area (TPSA) is 71.5 Å². The van der Waals surface area contributed by atoms with Gasteiger partial charge in [0, 0.05) is 5.69 Å². The highest BCUT2D eigenvalue weighted by atomic mass is 35.5. The Kier molecular flexibility index (Phi) is 5.22. The van der Waals surface area contributed by atoms with Crippen LogP contribution in [0.2, 0.25) is 5.02 Å². The van der Waals surface area contributed by atoms with E-state index in [-0.39, 0.29) is 12.1 Å². The first-order valence-corrected chi connectivity index (χ1v) is 7.25. The molecule has 0 aliphatic rings. The molecule has 1 aromatic heterocycles. The largest absolute Gasteiger partial charge is 0.490 e. The summed E-state index contributed by atoms with van der Waals surface area (Å²) in [6.45, 7) is 4.45. The van der Waals surface area contributed by atoms with Crippen LogP contribution in [0.1, 0.15) is 28.7 Å². The molecule has 0 saturated carbocycles. The number of carboxylic acids is 1. The molecule has 2 rings (SSSR count). The van der Waals surface area contributed by atoms with E-state index in [2.05, 4.69) is 10.3 Å². The summed E-state index contributed by atoms with van der Waals surface area (Å²) in [5.74, 6) is -0.448. The van der Waals surface area contributed by atoms with Crippen LogP contribution in [0.3, 0.4) is 0 Å². The van der Waals surface area contributed by atoms with Crippen LogP contribution in [0.4, 0.5) is 5.69 Å². The van der Waals surface area contributed by atoms with Crippen LogP contribution in [-0.4, -0.2) is 22.7 Å². The fourth-order valence-electron chi connectivity index (χ4n) is 2.06. The Labute approximate surface area is 133 Å². The number of nitrogens with one attached hydrogen (secondary N) is 1. The number of anilines is 1. The third-order valence-electron chi connectivity index (χ3n) is 3.05. The van der Waals surface area contributed by atoms with Gasteiger partial charge in [0.2, 0.25) is 0 Å². The van der Waals surface area contributed by atoms with E-state index in [1.807, 2.05) is 19.9 Å².